The molecule has 2 heterocycles. The number of aromatic nitrogens is 2. The molecule has 3 rings (SSSR count). The van der Waals surface area contributed by atoms with Crippen molar-refractivity contribution in [2.75, 3.05) is 23.8 Å². The lowest BCUT2D eigenvalue weighted by molar-refractivity contribution is 0.0698. The zero-order valence-electron chi connectivity index (χ0n) is 14.7. The minimum atomic E-state index is -0.495. The van der Waals surface area contributed by atoms with E-state index in [0.29, 0.717) is 36.7 Å². The highest BCUT2D eigenvalue weighted by atomic mass is 79.9. The molecule has 0 amide bonds. The number of nitrogens with one attached hydrogen (secondary N) is 2. The molecule has 1 aliphatic rings. The van der Waals surface area contributed by atoms with Gasteiger partial charge in [0.25, 0.3) is 0 Å². The molecule has 1 aromatic carbocycles. The second-order valence-corrected chi connectivity index (χ2v) is 7.08. The molecule has 2 atom stereocenters. The Bertz CT molecular complexity index is 874. The summed E-state index contributed by atoms with van der Waals surface area (Å²) in [6.07, 6.45) is 2.32. The molecule has 0 radical (unpaired) electrons. The number of nitriles is 1. The molecule has 27 heavy (non-hydrogen) atoms. The van der Waals surface area contributed by atoms with E-state index >= 15 is 0 Å². The highest BCUT2D eigenvalue weighted by Crippen LogP contribution is 2.27. The first-order valence-corrected chi connectivity index (χ1v) is 9.24. The Morgan fingerprint density at radius 1 is 1.48 bits per heavy atom. The molecule has 1 fully saturated rings. The van der Waals surface area contributed by atoms with E-state index in [9.17, 15) is 14.8 Å². The van der Waals surface area contributed by atoms with Crippen LogP contribution in [0.2, 0.25) is 0 Å². The van der Waals surface area contributed by atoms with Crippen LogP contribution in [-0.4, -0.2) is 34.3 Å². The van der Waals surface area contributed by atoms with Crippen LogP contribution in [-0.2, 0) is 11.3 Å². The molecule has 142 valence electrons. The van der Waals surface area contributed by atoms with Gasteiger partial charge in [-0.1, -0.05) is 0 Å². The standard InChI is InChI=1S/C18H19BrFN5O2/c1-10-7-22-18(23-13-4-12(8-26)16(19)14(20)5-13)25-17(10)24-15-9-27-3-2-11(15)6-21/h4-5,7,11,15,26H,2-3,8-9H2,1H3,(H2,22,23,24,25). The molecule has 0 saturated carbocycles. The maximum absolute atomic E-state index is 14.0. The number of rotatable bonds is 5. The van der Waals surface area contributed by atoms with Crippen molar-refractivity contribution in [1.82, 2.24) is 9.97 Å². The fourth-order valence-electron chi connectivity index (χ4n) is 2.82. The summed E-state index contributed by atoms with van der Waals surface area (Å²) < 4.78 is 19.7. The number of benzene rings is 1. The van der Waals surface area contributed by atoms with Crippen molar-refractivity contribution < 1.29 is 14.2 Å². The summed E-state index contributed by atoms with van der Waals surface area (Å²) in [5.41, 5.74) is 1.66. The molecule has 1 aliphatic heterocycles. The maximum atomic E-state index is 14.0. The first-order chi connectivity index (χ1) is 13.0. The number of halogens is 2. The molecule has 7 nitrogen and oxygen atoms in total. The molecule has 2 unspecified atom stereocenters. The van der Waals surface area contributed by atoms with E-state index in [1.54, 1.807) is 12.3 Å². The second kappa shape index (κ2) is 8.61. The second-order valence-electron chi connectivity index (χ2n) is 6.29. The molecule has 3 N–H and O–H groups in total. The number of anilines is 3. The van der Waals surface area contributed by atoms with Gasteiger partial charge in [-0.25, -0.2) is 9.37 Å². The van der Waals surface area contributed by atoms with Crippen LogP contribution in [0, 0.1) is 30.0 Å². The van der Waals surface area contributed by atoms with E-state index in [1.807, 2.05) is 6.92 Å². The summed E-state index contributed by atoms with van der Waals surface area (Å²) in [5, 5.41) is 24.9. The molecule has 1 saturated heterocycles. The van der Waals surface area contributed by atoms with E-state index in [0.717, 1.165) is 5.56 Å². The zero-order valence-corrected chi connectivity index (χ0v) is 16.3. The predicted molar refractivity (Wildman–Crippen MR) is 102 cm³/mol. The van der Waals surface area contributed by atoms with Crippen molar-refractivity contribution >= 4 is 33.4 Å². The molecule has 1 aromatic heterocycles. The van der Waals surface area contributed by atoms with Crippen LogP contribution in [0.25, 0.3) is 0 Å². The summed E-state index contributed by atoms with van der Waals surface area (Å²) in [5.74, 6) is 0.213. The third-order valence-electron chi connectivity index (χ3n) is 4.35. The van der Waals surface area contributed by atoms with Gasteiger partial charge in [-0.15, -0.1) is 0 Å². The molecular formula is C18H19BrFN5O2. The van der Waals surface area contributed by atoms with E-state index in [4.69, 9.17) is 4.74 Å². The third kappa shape index (κ3) is 4.53. The number of aliphatic hydroxyl groups excluding tert-OH is 1. The molecule has 0 aliphatic carbocycles. The zero-order chi connectivity index (χ0) is 19.4. The minimum absolute atomic E-state index is 0.155. The topological polar surface area (TPSA) is 103 Å². The first kappa shape index (κ1) is 19.5. The van der Waals surface area contributed by atoms with Gasteiger partial charge in [0.1, 0.15) is 11.6 Å². The fourth-order valence-corrected chi connectivity index (χ4v) is 3.18. The van der Waals surface area contributed by atoms with Crippen LogP contribution < -0.4 is 10.6 Å². The number of hydrogen-bond acceptors (Lipinski definition) is 7. The van der Waals surface area contributed by atoms with Crippen molar-refractivity contribution in [2.45, 2.75) is 26.0 Å². The Labute approximate surface area is 164 Å². The van der Waals surface area contributed by atoms with Crippen LogP contribution in [0.1, 0.15) is 17.5 Å². The summed E-state index contributed by atoms with van der Waals surface area (Å²) in [7, 11) is 0. The number of hydrogen-bond donors (Lipinski definition) is 3. The number of aliphatic hydroxyl groups is 1. The first-order valence-electron chi connectivity index (χ1n) is 8.45. The minimum Gasteiger partial charge on any atom is -0.392 e. The van der Waals surface area contributed by atoms with E-state index in [-0.39, 0.29) is 29.0 Å². The van der Waals surface area contributed by atoms with Gasteiger partial charge in [-0.2, -0.15) is 10.2 Å². The fraction of sp³-hybridized carbons (Fsp3) is 0.389. The normalized spacial score (nSPS) is 19.4. The molecule has 0 spiro atoms. The highest BCUT2D eigenvalue weighted by molar-refractivity contribution is 9.10. The lowest BCUT2D eigenvalue weighted by Crippen LogP contribution is -2.38. The number of nitrogens with zero attached hydrogens (tertiary/aromatic N) is 3. The van der Waals surface area contributed by atoms with Gasteiger partial charge in [0, 0.05) is 24.1 Å². The van der Waals surface area contributed by atoms with Crippen LogP contribution >= 0.6 is 15.9 Å². The van der Waals surface area contributed by atoms with Crippen LogP contribution in [0.15, 0.2) is 22.8 Å². The number of ether oxygens (including phenoxy) is 1. The largest absolute Gasteiger partial charge is 0.392 e. The maximum Gasteiger partial charge on any atom is 0.229 e. The van der Waals surface area contributed by atoms with Gasteiger partial charge >= 0.3 is 0 Å². The predicted octanol–water partition coefficient (Wildman–Crippen LogP) is 3.26. The molecule has 0 bridgehead atoms. The van der Waals surface area contributed by atoms with E-state index < -0.39 is 5.82 Å². The summed E-state index contributed by atoms with van der Waals surface area (Å²) >= 11 is 3.11. The Kier molecular flexibility index (Phi) is 6.21. The van der Waals surface area contributed by atoms with Crippen LogP contribution in [0.3, 0.4) is 0 Å². The summed E-state index contributed by atoms with van der Waals surface area (Å²) in [6, 6.07) is 5.05. The number of aryl methyl sites for hydroxylation is 1. The smallest absolute Gasteiger partial charge is 0.229 e. The highest BCUT2D eigenvalue weighted by Gasteiger charge is 2.26. The van der Waals surface area contributed by atoms with Gasteiger partial charge in [0.15, 0.2) is 0 Å². The van der Waals surface area contributed by atoms with E-state index in [1.165, 1.54) is 6.07 Å². The van der Waals surface area contributed by atoms with Crippen LogP contribution in [0.4, 0.5) is 21.8 Å². The quantitative estimate of drug-likeness (QED) is 0.661. The van der Waals surface area contributed by atoms with Crippen molar-refractivity contribution in [3.63, 3.8) is 0 Å². The van der Waals surface area contributed by atoms with E-state index in [2.05, 4.69) is 42.6 Å². The molecular weight excluding hydrogens is 417 g/mol. The van der Waals surface area contributed by atoms with Crippen molar-refractivity contribution in [2.24, 2.45) is 5.92 Å². The van der Waals surface area contributed by atoms with Gasteiger partial charge in [0.05, 0.1) is 35.7 Å². The Morgan fingerprint density at radius 3 is 3.04 bits per heavy atom. The SMILES string of the molecule is Cc1cnc(Nc2cc(F)c(Br)c(CO)c2)nc1NC1COCCC1C#N. The van der Waals surface area contributed by atoms with Gasteiger partial charge < -0.3 is 20.5 Å². The lowest BCUT2D eigenvalue weighted by Gasteiger charge is -2.28. The summed E-state index contributed by atoms with van der Waals surface area (Å²) in [4.78, 5) is 8.66. The Balaban J connectivity index is 1.81. The van der Waals surface area contributed by atoms with Gasteiger partial charge in [-0.3, -0.25) is 0 Å². The van der Waals surface area contributed by atoms with Gasteiger partial charge in [0.2, 0.25) is 5.95 Å². The Morgan fingerprint density at radius 2 is 2.30 bits per heavy atom. The lowest BCUT2D eigenvalue weighted by atomic mass is 9.96. The van der Waals surface area contributed by atoms with Crippen molar-refractivity contribution in [3.8, 4) is 6.07 Å². The molecule has 2 aromatic rings. The Hall–Kier alpha value is -2.28. The third-order valence-corrected chi connectivity index (χ3v) is 5.23. The monoisotopic (exact) mass is 435 g/mol. The van der Waals surface area contributed by atoms with Crippen LogP contribution in [0.5, 0.6) is 0 Å². The van der Waals surface area contributed by atoms with Gasteiger partial charge in [-0.05, 0) is 47.0 Å². The average Bonchev–Trinajstić information content (AvgIpc) is 2.67. The average molecular weight is 436 g/mol. The summed E-state index contributed by atoms with van der Waals surface area (Å²) in [6.45, 7) is 2.57. The molecule has 9 heteroatoms. The van der Waals surface area contributed by atoms with Crippen molar-refractivity contribution in [3.05, 3.63) is 39.7 Å². The van der Waals surface area contributed by atoms with Crippen molar-refractivity contribution in [1.29, 1.82) is 5.26 Å².